The fraction of sp³-hybridized carbons (Fsp3) is 0.727. The molecule has 1 spiro atoms. The SMILES string of the molecule is COCCN[C@H]1CC[C@H](Nc2c3c(nc4c(Br)cnn24)C2(CCCC2)C(CO)C3)C1. The summed E-state index contributed by atoms with van der Waals surface area (Å²) in [6.45, 7) is 1.88. The average molecular weight is 478 g/mol. The van der Waals surface area contributed by atoms with E-state index in [1.165, 1.54) is 30.5 Å². The topological polar surface area (TPSA) is 83.7 Å². The monoisotopic (exact) mass is 477 g/mol. The summed E-state index contributed by atoms with van der Waals surface area (Å²) >= 11 is 3.65. The molecule has 2 saturated carbocycles. The summed E-state index contributed by atoms with van der Waals surface area (Å²) in [5.41, 5.74) is 3.40. The van der Waals surface area contributed by atoms with E-state index in [-0.39, 0.29) is 17.9 Å². The van der Waals surface area contributed by atoms with Gasteiger partial charge in [-0.25, -0.2) is 4.98 Å². The molecule has 7 nitrogen and oxygen atoms in total. The van der Waals surface area contributed by atoms with Crippen LogP contribution in [0.1, 0.15) is 56.2 Å². The first kappa shape index (κ1) is 20.7. The number of hydrogen-bond acceptors (Lipinski definition) is 6. The van der Waals surface area contributed by atoms with Crippen LogP contribution in [0.15, 0.2) is 10.7 Å². The van der Waals surface area contributed by atoms with Gasteiger partial charge in [0.1, 0.15) is 5.82 Å². The van der Waals surface area contributed by atoms with Crippen molar-refractivity contribution in [3.63, 3.8) is 0 Å². The third kappa shape index (κ3) is 3.36. The van der Waals surface area contributed by atoms with Crippen molar-refractivity contribution in [2.24, 2.45) is 5.92 Å². The highest BCUT2D eigenvalue weighted by molar-refractivity contribution is 9.10. The van der Waals surface area contributed by atoms with Gasteiger partial charge in [0, 0.05) is 43.3 Å². The van der Waals surface area contributed by atoms with Crippen molar-refractivity contribution >= 4 is 27.4 Å². The van der Waals surface area contributed by atoms with E-state index in [9.17, 15) is 5.11 Å². The molecule has 30 heavy (non-hydrogen) atoms. The first-order chi connectivity index (χ1) is 14.7. The standard InChI is InChI=1S/C22H32BrN5O2/c1-30-9-8-24-15-4-5-16(11-15)26-20-17-10-14(13-29)22(6-2-3-7-22)19(17)27-21-18(23)12-25-28(20)21/h12,14-16,24,26,29H,2-11,13H2,1H3/t14?,15-,16-/m0/s1. The van der Waals surface area contributed by atoms with Gasteiger partial charge < -0.3 is 20.5 Å². The molecule has 2 heterocycles. The van der Waals surface area contributed by atoms with E-state index in [0.29, 0.717) is 12.1 Å². The van der Waals surface area contributed by atoms with Gasteiger partial charge in [-0.3, -0.25) is 0 Å². The van der Waals surface area contributed by atoms with Crippen LogP contribution in [0.3, 0.4) is 0 Å². The Labute approximate surface area is 186 Å². The van der Waals surface area contributed by atoms with Crippen molar-refractivity contribution in [2.45, 2.75) is 68.9 Å². The number of methoxy groups -OCH3 is 1. The summed E-state index contributed by atoms with van der Waals surface area (Å²) in [5, 5.41) is 22.3. The highest BCUT2D eigenvalue weighted by Gasteiger charge is 2.51. The van der Waals surface area contributed by atoms with Gasteiger partial charge >= 0.3 is 0 Å². The molecule has 0 aromatic carbocycles. The Morgan fingerprint density at radius 3 is 2.87 bits per heavy atom. The Morgan fingerprint density at radius 2 is 2.10 bits per heavy atom. The minimum atomic E-state index is 0.0336. The summed E-state index contributed by atoms with van der Waals surface area (Å²) in [4.78, 5) is 5.13. The zero-order chi connectivity index (χ0) is 20.7. The van der Waals surface area contributed by atoms with Crippen molar-refractivity contribution in [1.82, 2.24) is 19.9 Å². The molecule has 164 valence electrons. The first-order valence-electron chi connectivity index (χ1n) is 11.3. The molecule has 1 unspecified atom stereocenters. The van der Waals surface area contributed by atoms with Gasteiger partial charge in [0.25, 0.3) is 0 Å². The van der Waals surface area contributed by atoms with E-state index < -0.39 is 0 Å². The summed E-state index contributed by atoms with van der Waals surface area (Å²) in [5.74, 6) is 1.35. The van der Waals surface area contributed by atoms with Crippen LogP contribution in [0.2, 0.25) is 0 Å². The molecule has 8 heteroatoms. The molecule has 0 saturated heterocycles. The van der Waals surface area contributed by atoms with Crippen molar-refractivity contribution in [1.29, 1.82) is 0 Å². The van der Waals surface area contributed by atoms with Crippen molar-refractivity contribution in [2.75, 3.05) is 32.2 Å². The number of anilines is 1. The van der Waals surface area contributed by atoms with Crippen LogP contribution < -0.4 is 10.6 Å². The third-order valence-corrected chi connectivity index (χ3v) is 8.19. The molecule has 3 aliphatic rings. The molecule has 0 radical (unpaired) electrons. The van der Waals surface area contributed by atoms with Crippen LogP contribution in [0.4, 0.5) is 5.82 Å². The molecule has 5 rings (SSSR count). The molecular weight excluding hydrogens is 446 g/mol. The van der Waals surface area contributed by atoms with Crippen LogP contribution in [-0.2, 0) is 16.6 Å². The number of aliphatic hydroxyl groups is 1. The summed E-state index contributed by atoms with van der Waals surface area (Å²) in [6.07, 6.45) is 10.9. The summed E-state index contributed by atoms with van der Waals surface area (Å²) < 4.78 is 8.07. The number of aliphatic hydroxyl groups excluding tert-OH is 1. The molecule has 2 fully saturated rings. The number of rotatable bonds is 7. The lowest BCUT2D eigenvalue weighted by atomic mass is 9.76. The second kappa shape index (κ2) is 8.37. The maximum Gasteiger partial charge on any atom is 0.171 e. The number of hydrogen-bond donors (Lipinski definition) is 3. The predicted octanol–water partition coefficient (Wildman–Crippen LogP) is 3.04. The highest BCUT2D eigenvalue weighted by Crippen LogP contribution is 2.54. The number of ether oxygens (including phenoxy) is 1. The van der Waals surface area contributed by atoms with E-state index in [0.717, 1.165) is 61.2 Å². The largest absolute Gasteiger partial charge is 0.396 e. The van der Waals surface area contributed by atoms with Crippen molar-refractivity contribution in [3.05, 3.63) is 21.9 Å². The van der Waals surface area contributed by atoms with Gasteiger partial charge in [0.05, 0.1) is 23.0 Å². The van der Waals surface area contributed by atoms with Gasteiger partial charge in [-0.05, 0) is 60.4 Å². The maximum absolute atomic E-state index is 10.2. The molecule has 2 aromatic rings. The number of halogens is 1. The van der Waals surface area contributed by atoms with Gasteiger partial charge in [0.15, 0.2) is 5.65 Å². The van der Waals surface area contributed by atoms with Gasteiger partial charge in [-0.15, -0.1) is 0 Å². The van der Waals surface area contributed by atoms with Gasteiger partial charge in [-0.2, -0.15) is 9.61 Å². The molecule has 3 atom stereocenters. The Morgan fingerprint density at radius 1 is 1.30 bits per heavy atom. The lowest BCUT2D eigenvalue weighted by Gasteiger charge is -2.30. The Balaban J connectivity index is 1.47. The van der Waals surface area contributed by atoms with Crippen LogP contribution in [0.25, 0.3) is 5.65 Å². The number of nitrogens with zero attached hydrogens (tertiary/aromatic N) is 3. The molecule has 0 aliphatic heterocycles. The number of nitrogens with one attached hydrogen (secondary N) is 2. The molecule has 0 amide bonds. The Hall–Kier alpha value is -1.22. The van der Waals surface area contributed by atoms with Crippen LogP contribution in [-0.4, -0.2) is 58.7 Å². The highest BCUT2D eigenvalue weighted by atomic mass is 79.9. The molecule has 3 aliphatic carbocycles. The van der Waals surface area contributed by atoms with Crippen LogP contribution in [0.5, 0.6) is 0 Å². The van der Waals surface area contributed by atoms with E-state index in [1.807, 2.05) is 10.7 Å². The quantitative estimate of drug-likeness (QED) is 0.531. The number of fused-ring (bicyclic) bond motifs is 3. The van der Waals surface area contributed by atoms with Gasteiger partial charge in [-0.1, -0.05) is 12.8 Å². The van der Waals surface area contributed by atoms with Gasteiger partial charge in [0.2, 0.25) is 0 Å². The fourth-order valence-electron chi connectivity index (χ4n) is 6.14. The normalized spacial score (nSPS) is 27.4. The first-order valence-corrected chi connectivity index (χ1v) is 12.1. The second-order valence-corrected chi connectivity index (χ2v) is 10.1. The number of aromatic nitrogens is 3. The summed E-state index contributed by atoms with van der Waals surface area (Å²) in [6, 6.07) is 0.939. The predicted molar refractivity (Wildman–Crippen MR) is 120 cm³/mol. The lowest BCUT2D eigenvalue weighted by molar-refractivity contribution is 0.162. The Bertz CT molecular complexity index is 911. The van der Waals surface area contributed by atoms with E-state index in [1.54, 1.807) is 7.11 Å². The Kier molecular flexibility index (Phi) is 5.77. The smallest absolute Gasteiger partial charge is 0.171 e. The fourth-order valence-corrected chi connectivity index (χ4v) is 6.48. The summed E-state index contributed by atoms with van der Waals surface area (Å²) in [7, 11) is 1.74. The van der Waals surface area contributed by atoms with E-state index in [4.69, 9.17) is 9.72 Å². The van der Waals surface area contributed by atoms with E-state index >= 15 is 0 Å². The zero-order valence-electron chi connectivity index (χ0n) is 17.7. The van der Waals surface area contributed by atoms with Crippen LogP contribution in [0, 0.1) is 5.92 Å². The minimum Gasteiger partial charge on any atom is -0.396 e. The van der Waals surface area contributed by atoms with Crippen molar-refractivity contribution < 1.29 is 9.84 Å². The second-order valence-electron chi connectivity index (χ2n) is 9.26. The van der Waals surface area contributed by atoms with Crippen molar-refractivity contribution in [3.8, 4) is 0 Å². The average Bonchev–Trinajstić information content (AvgIpc) is 3.52. The minimum absolute atomic E-state index is 0.0336. The van der Waals surface area contributed by atoms with Crippen LogP contribution >= 0.6 is 15.9 Å². The van der Waals surface area contributed by atoms with E-state index in [2.05, 4.69) is 31.7 Å². The molecule has 2 aromatic heterocycles. The molecular formula is C22H32BrN5O2. The zero-order valence-corrected chi connectivity index (χ0v) is 19.2. The third-order valence-electron chi connectivity index (χ3n) is 7.63. The molecule has 0 bridgehead atoms. The maximum atomic E-state index is 10.2. The lowest BCUT2D eigenvalue weighted by Crippen LogP contribution is -2.32. The molecule has 3 N–H and O–H groups in total.